The summed E-state index contributed by atoms with van der Waals surface area (Å²) in [5.41, 5.74) is 0.884. The monoisotopic (exact) mass is 544 g/mol. The van der Waals surface area contributed by atoms with Gasteiger partial charge in [-0.3, -0.25) is 28.9 Å². The molecule has 0 heterocycles. The second-order valence-electron chi connectivity index (χ2n) is 10.1. The number of phenols is 1. The van der Waals surface area contributed by atoms with E-state index in [1.54, 1.807) is 13.0 Å². The number of primary amides is 1. The number of hydrogen-bond donors (Lipinski definition) is 6. The zero-order valence-corrected chi connectivity index (χ0v) is 21.2. The average Bonchev–Trinajstić information content (AvgIpc) is 2.84. The molecule has 13 nitrogen and oxygen atoms in total. The number of benzene rings is 1. The Morgan fingerprint density at radius 3 is 2.31 bits per heavy atom. The number of ether oxygens (including phenoxy) is 1. The fourth-order valence-corrected chi connectivity index (χ4v) is 6.11. The number of aliphatic hydroxyl groups excluding tert-OH is 2. The van der Waals surface area contributed by atoms with Crippen LogP contribution in [0.4, 0.5) is 0 Å². The normalized spacial score (nSPS) is 30.0. The minimum atomic E-state index is -3.06. The second kappa shape index (κ2) is 9.50. The molecule has 1 aromatic rings. The molecule has 0 aliphatic heterocycles. The van der Waals surface area contributed by atoms with Gasteiger partial charge in [-0.2, -0.15) is 0 Å². The van der Waals surface area contributed by atoms with Crippen LogP contribution in [0, 0.1) is 11.8 Å². The van der Waals surface area contributed by atoms with E-state index in [4.69, 9.17) is 15.6 Å². The Morgan fingerprint density at radius 2 is 1.74 bits per heavy atom. The number of aromatic hydroxyl groups is 1. The number of phenolic OH excluding ortho intramolecular Hbond substituents is 1. The molecule has 208 valence electrons. The molecule has 0 bridgehead atoms. The Morgan fingerprint density at radius 1 is 1.10 bits per heavy atom. The van der Waals surface area contributed by atoms with Crippen LogP contribution in [-0.2, 0) is 23.9 Å². The molecular formula is C26H28N2O11. The molecule has 39 heavy (non-hydrogen) atoms. The maximum Gasteiger partial charge on any atom is 0.306 e. The van der Waals surface area contributed by atoms with Crippen molar-refractivity contribution in [2.24, 2.45) is 17.6 Å². The highest BCUT2D eigenvalue weighted by molar-refractivity contribution is 6.25. The average molecular weight is 545 g/mol. The van der Waals surface area contributed by atoms with Gasteiger partial charge in [-0.25, -0.2) is 0 Å². The number of Topliss-reactive ketones (excluding diaryl/α,β-unsaturated/α-hetero) is 2. The summed E-state index contributed by atoms with van der Waals surface area (Å²) in [6.07, 6.45) is -2.79. The van der Waals surface area contributed by atoms with E-state index in [9.17, 15) is 44.4 Å². The molecular weight excluding hydrogens is 516 g/mol. The van der Waals surface area contributed by atoms with E-state index in [-0.39, 0.29) is 5.56 Å². The van der Waals surface area contributed by atoms with Gasteiger partial charge >= 0.3 is 11.9 Å². The minimum Gasteiger partial charge on any atom is -0.510 e. The lowest BCUT2D eigenvalue weighted by Gasteiger charge is -2.54. The van der Waals surface area contributed by atoms with Crippen LogP contribution >= 0.6 is 0 Å². The van der Waals surface area contributed by atoms with Crippen molar-refractivity contribution < 1.29 is 54.2 Å². The van der Waals surface area contributed by atoms with Gasteiger partial charge in [0.1, 0.15) is 28.9 Å². The number of rotatable bonds is 6. The number of carboxylic acid groups (broad SMARTS) is 1. The molecule has 0 saturated carbocycles. The number of carbonyl (C=O) groups is 5. The first-order valence-electron chi connectivity index (χ1n) is 12.0. The molecule has 3 aliphatic rings. The van der Waals surface area contributed by atoms with Gasteiger partial charge in [-0.1, -0.05) is 19.1 Å². The van der Waals surface area contributed by atoms with Crippen molar-refractivity contribution in [3.63, 3.8) is 0 Å². The smallest absolute Gasteiger partial charge is 0.306 e. The number of carbonyl (C=O) groups excluding carboxylic acids is 4. The fourth-order valence-electron chi connectivity index (χ4n) is 6.11. The van der Waals surface area contributed by atoms with Crippen molar-refractivity contribution in [1.82, 2.24) is 4.90 Å². The van der Waals surface area contributed by atoms with Crippen LogP contribution in [0.1, 0.15) is 41.6 Å². The molecule has 0 spiro atoms. The molecule has 0 fully saturated rings. The number of amides is 1. The first kappa shape index (κ1) is 27.8. The standard InChI is InChI=1S/C26H28N2O11/c1-9-10-5-4-6-11(29)15(10)20(33)16-14(9)22(39-13(32)8-7-12(30)31)18-19(28(2)3)21(34)17(25(27)37)24(36)26(18,38)23(16)35/h4-6,9,14,18-19,22,29,34-35,38H,7-8H2,1-3H3,(H2,27,37)(H,30,31)/t9-,14+,18-,19-,22-,26+/m1/s1. The van der Waals surface area contributed by atoms with Crippen LogP contribution in [0.3, 0.4) is 0 Å². The van der Waals surface area contributed by atoms with Crippen LogP contribution in [0.15, 0.2) is 40.9 Å². The molecule has 13 heteroatoms. The van der Waals surface area contributed by atoms with Gasteiger partial charge < -0.3 is 36.0 Å². The topological polar surface area (TPSA) is 225 Å². The Bertz CT molecular complexity index is 1380. The molecule has 0 unspecified atom stereocenters. The van der Waals surface area contributed by atoms with E-state index < -0.39 is 106 Å². The molecule has 0 saturated heterocycles. The summed E-state index contributed by atoms with van der Waals surface area (Å²) >= 11 is 0. The minimum absolute atomic E-state index is 0.193. The SMILES string of the molecule is C[C@@H]1c2cccc(O)c2C(=O)C2=C(O)[C@]3(O)C(=O)C(C(N)=O)=C(O)[C@H](N(C)C)[C@@H]3[C@H](OC(=O)CCC(=O)O)[C@H]21. The van der Waals surface area contributed by atoms with Crippen molar-refractivity contribution >= 4 is 29.4 Å². The second-order valence-corrected chi connectivity index (χ2v) is 10.1. The number of esters is 1. The predicted octanol–water partition coefficient (Wildman–Crippen LogP) is 0.0681. The largest absolute Gasteiger partial charge is 0.510 e. The fraction of sp³-hybridized carbons (Fsp3) is 0.423. The Labute approximate surface area is 221 Å². The van der Waals surface area contributed by atoms with Crippen LogP contribution in [-0.4, -0.2) is 91.7 Å². The third-order valence-electron chi connectivity index (χ3n) is 7.78. The van der Waals surface area contributed by atoms with Crippen LogP contribution in [0.25, 0.3) is 0 Å². The summed E-state index contributed by atoms with van der Waals surface area (Å²) in [5, 5.41) is 53.8. The number of aliphatic carboxylic acids is 1. The summed E-state index contributed by atoms with van der Waals surface area (Å²) in [4.78, 5) is 64.7. The van der Waals surface area contributed by atoms with Gasteiger partial charge in [0.25, 0.3) is 5.91 Å². The number of ketones is 2. The lowest BCUT2D eigenvalue weighted by molar-refractivity contribution is -0.181. The Kier molecular flexibility index (Phi) is 6.77. The number of fused-ring (bicyclic) bond motifs is 3. The van der Waals surface area contributed by atoms with E-state index in [0.29, 0.717) is 5.56 Å². The van der Waals surface area contributed by atoms with Crippen molar-refractivity contribution in [2.45, 2.75) is 43.4 Å². The lowest BCUT2D eigenvalue weighted by Crippen LogP contribution is -2.69. The van der Waals surface area contributed by atoms with Gasteiger partial charge in [0, 0.05) is 11.5 Å². The maximum absolute atomic E-state index is 13.7. The van der Waals surface area contributed by atoms with Gasteiger partial charge in [0.05, 0.1) is 30.4 Å². The molecule has 4 rings (SSSR count). The van der Waals surface area contributed by atoms with E-state index in [2.05, 4.69) is 0 Å². The first-order valence-corrected chi connectivity index (χ1v) is 12.0. The van der Waals surface area contributed by atoms with E-state index in [1.807, 2.05) is 0 Å². The highest BCUT2D eigenvalue weighted by atomic mass is 16.5. The van der Waals surface area contributed by atoms with Crippen molar-refractivity contribution in [1.29, 1.82) is 0 Å². The van der Waals surface area contributed by atoms with E-state index >= 15 is 0 Å². The lowest BCUT2D eigenvalue weighted by atomic mass is 9.55. The molecule has 1 aromatic carbocycles. The Hall–Kier alpha value is -4.23. The van der Waals surface area contributed by atoms with Crippen LogP contribution < -0.4 is 5.73 Å². The van der Waals surface area contributed by atoms with Crippen molar-refractivity contribution in [2.75, 3.05) is 14.1 Å². The summed E-state index contributed by atoms with van der Waals surface area (Å²) in [6, 6.07) is 2.85. The van der Waals surface area contributed by atoms with Crippen LogP contribution in [0.2, 0.25) is 0 Å². The number of hydrogen-bond acceptors (Lipinski definition) is 11. The third-order valence-corrected chi connectivity index (χ3v) is 7.78. The van der Waals surface area contributed by atoms with Gasteiger partial charge in [0.2, 0.25) is 5.78 Å². The third kappa shape index (κ3) is 3.96. The van der Waals surface area contributed by atoms with Gasteiger partial charge in [0.15, 0.2) is 11.4 Å². The number of aliphatic hydroxyl groups is 3. The first-order chi connectivity index (χ1) is 18.2. The highest BCUT2D eigenvalue weighted by Gasteiger charge is 2.68. The number of likely N-dealkylation sites (N-methyl/N-ethyl adjacent to an activating group) is 1. The van der Waals surface area contributed by atoms with Gasteiger partial charge in [-0.15, -0.1) is 0 Å². The zero-order valence-electron chi connectivity index (χ0n) is 21.2. The van der Waals surface area contributed by atoms with Crippen LogP contribution in [0.5, 0.6) is 5.75 Å². The van der Waals surface area contributed by atoms with E-state index in [1.165, 1.54) is 31.1 Å². The summed E-state index contributed by atoms with van der Waals surface area (Å²) < 4.78 is 5.68. The zero-order chi connectivity index (χ0) is 29.1. The number of carboxylic acids is 1. The predicted molar refractivity (Wildman–Crippen MR) is 131 cm³/mol. The Balaban J connectivity index is 2.04. The number of nitrogens with zero attached hydrogens (tertiary/aromatic N) is 1. The molecule has 1 amide bonds. The quantitative estimate of drug-likeness (QED) is 0.207. The summed E-state index contributed by atoms with van der Waals surface area (Å²) in [6.45, 7) is 1.62. The molecule has 7 N–H and O–H groups in total. The molecule has 3 aliphatic carbocycles. The van der Waals surface area contributed by atoms with Crippen molar-refractivity contribution in [3.05, 3.63) is 52.0 Å². The summed E-state index contributed by atoms with van der Waals surface area (Å²) in [5.74, 6) is -12.2. The van der Waals surface area contributed by atoms with Crippen molar-refractivity contribution in [3.8, 4) is 5.75 Å². The van der Waals surface area contributed by atoms with E-state index in [0.717, 1.165) is 0 Å². The summed E-state index contributed by atoms with van der Waals surface area (Å²) in [7, 11) is 2.86. The molecule has 0 aromatic heterocycles. The number of nitrogens with two attached hydrogens (primary N) is 1. The molecule has 6 atom stereocenters. The maximum atomic E-state index is 13.7. The molecule has 0 radical (unpaired) electrons. The van der Waals surface area contributed by atoms with Gasteiger partial charge in [-0.05, 0) is 31.6 Å². The highest BCUT2D eigenvalue weighted by Crippen LogP contribution is 2.56.